The number of rotatable bonds is 9. The predicted molar refractivity (Wildman–Crippen MR) is 187 cm³/mol. The highest BCUT2D eigenvalue weighted by Gasteiger charge is 2.25. The van der Waals surface area contributed by atoms with Gasteiger partial charge >= 0.3 is 6.03 Å². The van der Waals surface area contributed by atoms with E-state index >= 15 is 0 Å². The Hall–Kier alpha value is -6.10. The average Bonchev–Trinajstić information content (AvgIpc) is 3.55. The third-order valence-electron chi connectivity index (χ3n) is 8.18. The number of aryl methyl sites for hydroxylation is 1. The van der Waals surface area contributed by atoms with Gasteiger partial charge in [-0.15, -0.1) is 0 Å². The fourth-order valence-corrected chi connectivity index (χ4v) is 5.67. The molecule has 1 saturated heterocycles. The summed E-state index contributed by atoms with van der Waals surface area (Å²) in [6.07, 6.45) is 0. The number of nitrogens with zero attached hydrogens (tertiary/aromatic N) is 5. The SMILES string of the molecule is Cc1cccc(NC(=O)N2CCN(c3nc(N)nc4nc(-c5ccc(OCc6ccccc6)c(OCc6ccccc6)c5)[nH]c34)CC2)c1. The maximum atomic E-state index is 13.0. The molecule has 48 heavy (non-hydrogen) atoms. The van der Waals surface area contributed by atoms with Crippen LogP contribution in [-0.2, 0) is 13.2 Å². The van der Waals surface area contributed by atoms with Crippen molar-refractivity contribution in [2.45, 2.75) is 20.1 Å². The lowest BCUT2D eigenvalue weighted by molar-refractivity contribution is 0.208. The minimum Gasteiger partial charge on any atom is -0.485 e. The summed E-state index contributed by atoms with van der Waals surface area (Å²) in [5, 5.41) is 3.00. The van der Waals surface area contributed by atoms with E-state index in [1.165, 1.54) is 0 Å². The smallest absolute Gasteiger partial charge is 0.321 e. The van der Waals surface area contributed by atoms with Crippen molar-refractivity contribution < 1.29 is 14.3 Å². The summed E-state index contributed by atoms with van der Waals surface area (Å²) in [6.45, 7) is 4.99. The molecule has 1 aliphatic rings. The van der Waals surface area contributed by atoms with Gasteiger partial charge < -0.3 is 35.3 Å². The second kappa shape index (κ2) is 13.7. The van der Waals surface area contributed by atoms with Crippen LogP contribution in [0.4, 0.5) is 22.2 Å². The lowest BCUT2D eigenvalue weighted by Gasteiger charge is -2.35. The Kier molecular flexibility index (Phi) is 8.73. The van der Waals surface area contributed by atoms with Gasteiger partial charge in [0, 0.05) is 37.4 Å². The fourth-order valence-electron chi connectivity index (χ4n) is 5.67. The van der Waals surface area contributed by atoms with Gasteiger partial charge in [-0.3, -0.25) is 0 Å². The van der Waals surface area contributed by atoms with Crippen molar-refractivity contribution in [3.05, 3.63) is 120 Å². The molecule has 11 heteroatoms. The number of carbonyl (C=O) groups is 1. The monoisotopic (exact) mass is 640 g/mol. The van der Waals surface area contributed by atoms with Gasteiger partial charge in [0.05, 0.1) is 0 Å². The fraction of sp³-hybridized carbons (Fsp3) is 0.189. The number of imidazole rings is 1. The lowest BCUT2D eigenvalue weighted by atomic mass is 10.2. The normalized spacial score (nSPS) is 13.0. The number of anilines is 3. The minimum atomic E-state index is -0.127. The van der Waals surface area contributed by atoms with Crippen LogP contribution < -0.4 is 25.4 Å². The van der Waals surface area contributed by atoms with Crippen LogP contribution in [0, 0.1) is 6.92 Å². The number of nitrogen functional groups attached to an aromatic ring is 1. The number of ether oxygens (including phenoxy) is 2. The number of urea groups is 1. The summed E-state index contributed by atoms with van der Waals surface area (Å²) in [6, 6.07) is 33.4. The number of aromatic amines is 1. The zero-order valence-electron chi connectivity index (χ0n) is 26.6. The van der Waals surface area contributed by atoms with E-state index < -0.39 is 0 Å². The van der Waals surface area contributed by atoms with E-state index in [2.05, 4.69) is 25.2 Å². The number of nitrogens with one attached hydrogen (secondary N) is 2. The van der Waals surface area contributed by atoms with Crippen molar-refractivity contribution in [2.75, 3.05) is 42.1 Å². The van der Waals surface area contributed by atoms with Crippen molar-refractivity contribution in [1.82, 2.24) is 24.8 Å². The third kappa shape index (κ3) is 7.00. The van der Waals surface area contributed by atoms with Gasteiger partial charge in [-0.2, -0.15) is 9.97 Å². The second-order valence-electron chi connectivity index (χ2n) is 11.7. The van der Waals surface area contributed by atoms with Crippen molar-refractivity contribution >= 4 is 34.6 Å². The molecule has 0 unspecified atom stereocenters. The number of nitrogens with two attached hydrogens (primary N) is 1. The summed E-state index contributed by atoms with van der Waals surface area (Å²) in [5.74, 6) is 2.61. The minimum absolute atomic E-state index is 0.127. The maximum Gasteiger partial charge on any atom is 0.321 e. The quantitative estimate of drug-likeness (QED) is 0.165. The van der Waals surface area contributed by atoms with Crippen molar-refractivity contribution in [3.8, 4) is 22.9 Å². The summed E-state index contributed by atoms with van der Waals surface area (Å²) in [7, 11) is 0. The number of carbonyl (C=O) groups excluding carboxylic acids is 1. The van der Waals surface area contributed by atoms with Crippen LogP contribution in [-0.4, -0.2) is 57.0 Å². The molecule has 0 atom stereocenters. The van der Waals surface area contributed by atoms with Crippen LogP contribution in [0.1, 0.15) is 16.7 Å². The molecule has 7 rings (SSSR count). The Morgan fingerprint density at radius 3 is 2.17 bits per heavy atom. The summed E-state index contributed by atoms with van der Waals surface area (Å²) in [4.78, 5) is 34.1. The standard InChI is InChI=1S/C37H36N8O3/c1-25-9-8-14-29(21-25)39-37(46)45-19-17-44(18-20-45)35-32-34(42-36(38)43-35)41-33(40-32)28-15-16-30(47-23-26-10-4-2-5-11-26)31(22-28)48-24-27-12-6-3-7-13-27/h2-16,21-22H,17-20,23-24H2,1H3,(H,39,46)(H3,38,40,41,42,43). The third-order valence-corrected chi connectivity index (χ3v) is 8.18. The molecule has 0 bridgehead atoms. The Labute approximate surface area is 278 Å². The van der Waals surface area contributed by atoms with Crippen LogP contribution >= 0.6 is 0 Å². The number of H-pyrrole nitrogens is 1. The molecule has 0 radical (unpaired) electrons. The first-order valence-electron chi connectivity index (χ1n) is 15.9. The van der Waals surface area contributed by atoms with E-state index in [0.29, 0.717) is 73.7 Å². The Morgan fingerprint density at radius 1 is 0.792 bits per heavy atom. The number of fused-ring (bicyclic) bond motifs is 1. The number of hydrogen-bond acceptors (Lipinski definition) is 8. The first kappa shape index (κ1) is 30.5. The number of aromatic nitrogens is 4. The van der Waals surface area contributed by atoms with E-state index in [1.807, 2.05) is 110 Å². The van der Waals surface area contributed by atoms with Gasteiger partial charge in [0.25, 0.3) is 0 Å². The lowest BCUT2D eigenvalue weighted by Crippen LogP contribution is -2.50. The molecule has 0 saturated carbocycles. The van der Waals surface area contributed by atoms with Gasteiger partial charge in [0.15, 0.2) is 23.0 Å². The van der Waals surface area contributed by atoms with E-state index in [4.69, 9.17) is 20.2 Å². The van der Waals surface area contributed by atoms with Crippen molar-refractivity contribution in [2.24, 2.45) is 0 Å². The van der Waals surface area contributed by atoms with Crippen LogP contribution in [0.3, 0.4) is 0 Å². The van der Waals surface area contributed by atoms with Crippen molar-refractivity contribution in [1.29, 1.82) is 0 Å². The Balaban J connectivity index is 1.11. The molecule has 0 spiro atoms. The molecule has 2 aromatic heterocycles. The highest BCUT2D eigenvalue weighted by Crippen LogP contribution is 2.35. The first-order chi connectivity index (χ1) is 23.5. The molecule has 0 aliphatic carbocycles. The average molecular weight is 641 g/mol. The Morgan fingerprint density at radius 2 is 1.48 bits per heavy atom. The number of hydrogen-bond donors (Lipinski definition) is 3. The molecule has 1 fully saturated rings. The molecule has 2 amide bonds. The van der Waals surface area contributed by atoms with Crippen LogP contribution in [0.5, 0.6) is 11.5 Å². The van der Waals surface area contributed by atoms with Crippen LogP contribution in [0.25, 0.3) is 22.6 Å². The largest absolute Gasteiger partial charge is 0.485 e. The molecule has 6 aromatic rings. The zero-order chi connectivity index (χ0) is 32.9. The highest BCUT2D eigenvalue weighted by atomic mass is 16.5. The second-order valence-corrected chi connectivity index (χ2v) is 11.7. The van der Waals surface area contributed by atoms with Gasteiger partial charge in [-0.05, 0) is 53.9 Å². The molecular formula is C37H36N8O3. The summed E-state index contributed by atoms with van der Waals surface area (Å²) >= 11 is 0. The van der Waals surface area contributed by atoms with Gasteiger partial charge in [-0.25, -0.2) is 9.78 Å². The van der Waals surface area contributed by atoms with Gasteiger partial charge in [0.1, 0.15) is 24.6 Å². The maximum absolute atomic E-state index is 13.0. The number of benzene rings is 4. The van der Waals surface area contributed by atoms with Gasteiger partial charge in [-0.1, -0.05) is 72.8 Å². The highest BCUT2D eigenvalue weighted by molar-refractivity contribution is 5.90. The van der Waals surface area contributed by atoms with Crippen LogP contribution in [0.2, 0.25) is 0 Å². The Bertz CT molecular complexity index is 2030. The van der Waals surface area contributed by atoms with E-state index in [0.717, 1.165) is 27.9 Å². The summed E-state index contributed by atoms with van der Waals surface area (Å²) < 4.78 is 12.5. The molecule has 242 valence electrons. The topological polar surface area (TPSA) is 135 Å². The van der Waals surface area contributed by atoms with E-state index in [1.54, 1.807) is 4.90 Å². The van der Waals surface area contributed by atoms with E-state index in [-0.39, 0.29) is 12.0 Å². The molecular weight excluding hydrogens is 604 g/mol. The first-order valence-corrected chi connectivity index (χ1v) is 15.9. The molecule has 4 N–H and O–H groups in total. The van der Waals surface area contributed by atoms with Crippen molar-refractivity contribution in [3.63, 3.8) is 0 Å². The molecule has 11 nitrogen and oxygen atoms in total. The molecule has 1 aliphatic heterocycles. The number of piperazine rings is 1. The molecule has 3 heterocycles. The van der Waals surface area contributed by atoms with Gasteiger partial charge in [0.2, 0.25) is 5.95 Å². The van der Waals surface area contributed by atoms with Crippen LogP contribution in [0.15, 0.2) is 103 Å². The van der Waals surface area contributed by atoms with E-state index in [9.17, 15) is 4.79 Å². The zero-order valence-corrected chi connectivity index (χ0v) is 26.6. The molecule has 4 aromatic carbocycles. The predicted octanol–water partition coefficient (Wildman–Crippen LogP) is 6.42. The number of amides is 2. The summed E-state index contributed by atoms with van der Waals surface area (Å²) in [5.41, 5.74) is 12.1.